The average molecular weight is 584 g/mol. The van der Waals surface area contributed by atoms with Crippen LogP contribution in [-0.4, -0.2) is 27.7 Å². The predicted octanol–water partition coefficient (Wildman–Crippen LogP) is 6.49. The second-order valence-corrected chi connectivity index (χ2v) is 9.10. The number of aryl methyl sites for hydroxylation is 1. The highest BCUT2D eigenvalue weighted by molar-refractivity contribution is 5.91. The number of ketones is 1. The number of carbonyl (C=O) groups is 2. The molecule has 2 heterocycles. The fourth-order valence-corrected chi connectivity index (χ4v) is 4.30. The number of hydrogen-bond donors (Lipinski definition) is 2. The molecule has 0 radical (unpaired) electrons. The van der Waals surface area contributed by atoms with Crippen LogP contribution in [0.25, 0.3) is 10.9 Å². The Hall–Kier alpha value is -3.86. The summed E-state index contributed by atoms with van der Waals surface area (Å²) in [5.74, 6) is -0.979. The Morgan fingerprint density at radius 1 is 0.875 bits per heavy atom. The van der Waals surface area contributed by atoms with Crippen LogP contribution >= 0.6 is 12.4 Å². The first-order valence-corrected chi connectivity index (χ1v) is 11.9. The van der Waals surface area contributed by atoms with Crippen LogP contribution in [0.5, 0.6) is 0 Å². The van der Waals surface area contributed by atoms with Crippen LogP contribution in [0.3, 0.4) is 0 Å². The standard InChI is InChI=1S/C28H23F6N3O2.ClH/c29-27(30,31)20-11-18(12-21(15-20)28(32,33)34)5-6-25(38)24(37-26(39)13-17-7-9-35-10-8-17)14-19-16-36-23-4-2-1-3-22(19)23;/h1-4,7-12,15-16,24,36H,5-6,13-14H2,(H,37,39);1H. The maximum absolute atomic E-state index is 13.3. The van der Waals surface area contributed by atoms with Gasteiger partial charge in [0, 0.05) is 42.3 Å². The molecule has 4 aromatic rings. The van der Waals surface area contributed by atoms with Crippen molar-refractivity contribution in [2.45, 2.75) is 44.1 Å². The van der Waals surface area contributed by atoms with Gasteiger partial charge in [0.05, 0.1) is 23.6 Å². The molecule has 1 amide bonds. The number of nitrogens with one attached hydrogen (secondary N) is 2. The van der Waals surface area contributed by atoms with E-state index in [4.69, 9.17) is 0 Å². The third-order valence-corrected chi connectivity index (χ3v) is 6.24. The lowest BCUT2D eigenvalue weighted by atomic mass is 9.95. The van der Waals surface area contributed by atoms with Crippen LogP contribution in [0.15, 0.2) is 73.2 Å². The summed E-state index contributed by atoms with van der Waals surface area (Å²) in [6, 6.07) is 10.8. The summed E-state index contributed by atoms with van der Waals surface area (Å²) in [7, 11) is 0. The zero-order valence-corrected chi connectivity index (χ0v) is 21.6. The molecule has 2 aromatic heterocycles. The number of Topliss-reactive ketones (excluding diaryl/α,β-unsaturated/α-hetero) is 1. The molecule has 5 nitrogen and oxygen atoms in total. The largest absolute Gasteiger partial charge is 0.416 e. The molecule has 0 aliphatic rings. The average Bonchev–Trinajstić information content (AvgIpc) is 3.29. The maximum atomic E-state index is 13.3. The molecule has 0 spiro atoms. The van der Waals surface area contributed by atoms with Crippen molar-refractivity contribution in [1.29, 1.82) is 0 Å². The van der Waals surface area contributed by atoms with Crippen molar-refractivity contribution in [3.05, 3.63) is 101 Å². The van der Waals surface area contributed by atoms with Gasteiger partial charge < -0.3 is 10.3 Å². The lowest BCUT2D eigenvalue weighted by molar-refractivity contribution is -0.143. The predicted molar refractivity (Wildman–Crippen MR) is 139 cm³/mol. The topological polar surface area (TPSA) is 74.8 Å². The number of para-hydroxylation sites is 1. The second-order valence-electron chi connectivity index (χ2n) is 9.10. The van der Waals surface area contributed by atoms with Gasteiger partial charge in [-0.05, 0) is 59.5 Å². The third-order valence-electron chi connectivity index (χ3n) is 6.24. The zero-order valence-electron chi connectivity index (χ0n) is 20.8. The number of carbonyl (C=O) groups excluding carboxylic acids is 2. The Balaban J connectivity index is 0.00000441. The van der Waals surface area contributed by atoms with Gasteiger partial charge in [-0.3, -0.25) is 14.6 Å². The van der Waals surface area contributed by atoms with Gasteiger partial charge in [0.2, 0.25) is 5.91 Å². The van der Waals surface area contributed by atoms with Gasteiger partial charge in [0.15, 0.2) is 5.78 Å². The number of fused-ring (bicyclic) bond motifs is 1. The highest BCUT2D eigenvalue weighted by atomic mass is 35.5. The molecule has 0 saturated heterocycles. The van der Waals surface area contributed by atoms with Crippen molar-refractivity contribution >= 4 is 35.0 Å². The molecular weight excluding hydrogens is 560 g/mol. The number of halogens is 7. The number of hydrogen-bond acceptors (Lipinski definition) is 3. The molecule has 0 saturated carbocycles. The third kappa shape index (κ3) is 7.84. The first-order chi connectivity index (χ1) is 18.4. The van der Waals surface area contributed by atoms with Crippen molar-refractivity contribution in [2.75, 3.05) is 0 Å². The smallest absolute Gasteiger partial charge is 0.361 e. The van der Waals surface area contributed by atoms with E-state index in [2.05, 4.69) is 15.3 Å². The van der Waals surface area contributed by atoms with Crippen LogP contribution < -0.4 is 5.32 Å². The summed E-state index contributed by atoms with van der Waals surface area (Å²) >= 11 is 0. The van der Waals surface area contributed by atoms with Gasteiger partial charge in [0.25, 0.3) is 0 Å². The van der Waals surface area contributed by atoms with Crippen molar-refractivity contribution in [1.82, 2.24) is 15.3 Å². The van der Waals surface area contributed by atoms with E-state index in [9.17, 15) is 35.9 Å². The maximum Gasteiger partial charge on any atom is 0.416 e. The number of pyridine rings is 1. The number of rotatable bonds is 9. The molecule has 2 aromatic carbocycles. The molecule has 1 atom stereocenters. The van der Waals surface area contributed by atoms with Gasteiger partial charge >= 0.3 is 12.4 Å². The Morgan fingerprint density at radius 3 is 2.12 bits per heavy atom. The van der Waals surface area contributed by atoms with E-state index in [-0.39, 0.29) is 49.7 Å². The normalized spacial score (nSPS) is 12.6. The minimum Gasteiger partial charge on any atom is -0.361 e. The number of aromatic amines is 1. The summed E-state index contributed by atoms with van der Waals surface area (Å²) < 4.78 is 79.4. The summed E-state index contributed by atoms with van der Waals surface area (Å²) in [5.41, 5.74) is -0.970. The molecule has 12 heteroatoms. The number of amides is 1. The number of benzene rings is 2. The van der Waals surface area contributed by atoms with Crippen LogP contribution in [0.4, 0.5) is 26.3 Å². The fourth-order valence-electron chi connectivity index (χ4n) is 4.30. The Bertz CT molecular complexity index is 1440. The molecular formula is C28H24ClF6N3O2. The summed E-state index contributed by atoms with van der Waals surface area (Å²) in [5, 5.41) is 3.52. The number of nitrogens with zero attached hydrogens (tertiary/aromatic N) is 1. The molecule has 40 heavy (non-hydrogen) atoms. The Kier molecular flexibility index (Phi) is 9.62. The molecule has 1 unspecified atom stereocenters. The van der Waals surface area contributed by atoms with Crippen molar-refractivity contribution in [3.63, 3.8) is 0 Å². The highest BCUT2D eigenvalue weighted by Crippen LogP contribution is 2.36. The summed E-state index contributed by atoms with van der Waals surface area (Å²) in [6.45, 7) is 0. The molecule has 212 valence electrons. The second kappa shape index (κ2) is 12.5. The van der Waals surface area contributed by atoms with Crippen LogP contribution in [0.1, 0.15) is 34.2 Å². The monoisotopic (exact) mass is 583 g/mol. The van der Waals surface area contributed by atoms with Gasteiger partial charge in [-0.1, -0.05) is 18.2 Å². The van der Waals surface area contributed by atoms with Crippen LogP contribution in [0, 0.1) is 0 Å². The molecule has 0 aliphatic heterocycles. The zero-order chi connectivity index (χ0) is 28.2. The van der Waals surface area contributed by atoms with Gasteiger partial charge in [-0.2, -0.15) is 26.3 Å². The SMILES string of the molecule is Cl.O=C(Cc1ccncc1)NC(Cc1c[nH]c2ccccc12)C(=O)CCc1cc(C(F)(F)F)cc(C(F)(F)F)c1. The van der Waals surface area contributed by atoms with E-state index in [1.807, 2.05) is 24.3 Å². The first kappa shape index (κ1) is 30.7. The minimum atomic E-state index is -4.99. The molecule has 2 N–H and O–H groups in total. The minimum absolute atomic E-state index is 0. The molecule has 0 bridgehead atoms. The van der Waals surface area contributed by atoms with Crippen LogP contribution in [-0.2, 0) is 41.2 Å². The lowest BCUT2D eigenvalue weighted by Gasteiger charge is -2.19. The lowest BCUT2D eigenvalue weighted by Crippen LogP contribution is -2.43. The summed E-state index contributed by atoms with van der Waals surface area (Å²) in [6.07, 6.45) is -5.94. The van der Waals surface area contributed by atoms with E-state index in [1.54, 1.807) is 18.3 Å². The van der Waals surface area contributed by atoms with Gasteiger partial charge in [0.1, 0.15) is 0 Å². The van der Waals surface area contributed by atoms with Crippen molar-refractivity contribution in [3.8, 4) is 0 Å². The van der Waals surface area contributed by atoms with E-state index in [0.717, 1.165) is 16.5 Å². The molecule has 0 aliphatic carbocycles. The van der Waals surface area contributed by atoms with Crippen LogP contribution in [0.2, 0.25) is 0 Å². The fraction of sp³-hybridized carbons (Fsp3) is 0.250. The number of H-pyrrole nitrogens is 1. The van der Waals surface area contributed by atoms with Gasteiger partial charge in [-0.25, -0.2) is 0 Å². The number of aromatic nitrogens is 2. The summed E-state index contributed by atoms with van der Waals surface area (Å²) in [4.78, 5) is 33.0. The van der Waals surface area contributed by atoms with E-state index < -0.39 is 41.2 Å². The molecule has 0 fully saturated rings. The Morgan fingerprint density at radius 2 is 1.50 bits per heavy atom. The van der Waals surface area contributed by atoms with Crippen molar-refractivity contribution < 1.29 is 35.9 Å². The van der Waals surface area contributed by atoms with E-state index >= 15 is 0 Å². The van der Waals surface area contributed by atoms with Crippen molar-refractivity contribution in [2.24, 2.45) is 0 Å². The molecule has 4 rings (SSSR count). The Labute approximate surface area is 231 Å². The van der Waals surface area contributed by atoms with Gasteiger partial charge in [-0.15, -0.1) is 12.4 Å². The quantitative estimate of drug-likeness (QED) is 0.221. The highest BCUT2D eigenvalue weighted by Gasteiger charge is 2.37. The van der Waals surface area contributed by atoms with E-state index in [0.29, 0.717) is 17.7 Å². The first-order valence-electron chi connectivity index (χ1n) is 11.9. The van der Waals surface area contributed by atoms with E-state index in [1.165, 1.54) is 12.4 Å². The number of alkyl halides is 6.